The lowest BCUT2D eigenvalue weighted by atomic mass is 10.2. The largest absolute Gasteiger partial charge is 0.377 e. The fourth-order valence-electron chi connectivity index (χ4n) is 3.21. The van der Waals surface area contributed by atoms with Crippen molar-refractivity contribution in [2.45, 2.75) is 31.0 Å². The minimum absolute atomic E-state index is 0.0733. The molecule has 1 atom stereocenters. The molecule has 0 saturated carbocycles. The molecule has 4 nitrogen and oxygen atoms in total. The molecule has 26 heavy (non-hydrogen) atoms. The number of aromatic nitrogens is 2. The first kappa shape index (κ1) is 17.6. The third-order valence-electron chi connectivity index (χ3n) is 4.58. The van der Waals surface area contributed by atoms with Crippen molar-refractivity contribution in [3.8, 4) is 5.69 Å². The number of fused-ring (bicyclic) bond motifs is 1. The van der Waals surface area contributed by atoms with Gasteiger partial charge in [0.2, 0.25) is 0 Å². The topological polar surface area (TPSA) is 44.1 Å². The van der Waals surface area contributed by atoms with Crippen molar-refractivity contribution in [1.29, 1.82) is 0 Å². The maximum absolute atomic E-state index is 13.2. The standard InChI is InChI=1S/C20H19ClN2O2S/c1-13-5-2-3-7-18(13)23-19(24)16-9-8-14(21)11-17(16)22-20(23)26-12-15-6-4-10-25-15/h2-3,5,7-9,11,15H,4,6,10,12H2,1H3/t15-/m1/s1. The highest BCUT2D eigenvalue weighted by Gasteiger charge is 2.19. The molecule has 6 heteroatoms. The van der Waals surface area contributed by atoms with Crippen LogP contribution >= 0.6 is 23.4 Å². The summed E-state index contributed by atoms with van der Waals surface area (Å²) in [7, 11) is 0. The lowest BCUT2D eigenvalue weighted by molar-refractivity contribution is 0.129. The number of halogens is 1. The summed E-state index contributed by atoms with van der Waals surface area (Å²) in [6.45, 7) is 2.82. The number of para-hydroxylation sites is 1. The van der Waals surface area contributed by atoms with Crippen LogP contribution in [0.3, 0.4) is 0 Å². The second kappa shape index (κ2) is 7.43. The Morgan fingerprint density at radius 3 is 2.92 bits per heavy atom. The van der Waals surface area contributed by atoms with Gasteiger partial charge in [-0.15, -0.1) is 0 Å². The summed E-state index contributed by atoms with van der Waals surface area (Å²) in [5, 5.41) is 1.82. The molecule has 134 valence electrons. The predicted molar refractivity (Wildman–Crippen MR) is 107 cm³/mol. The van der Waals surface area contributed by atoms with Gasteiger partial charge in [-0.1, -0.05) is 41.6 Å². The summed E-state index contributed by atoms with van der Waals surface area (Å²) in [5.41, 5.74) is 2.44. The quantitative estimate of drug-likeness (QED) is 0.484. The molecule has 0 radical (unpaired) electrons. The summed E-state index contributed by atoms with van der Waals surface area (Å²) in [5.74, 6) is 0.782. The van der Waals surface area contributed by atoms with Gasteiger partial charge in [-0.3, -0.25) is 9.36 Å². The summed E-state index contributed by atoms with van der Waals surface area (Å²) in [6, 6.07) is 13.1. The van der Waals surface area contributed by atoms with E-state index in [4.69, 9.17) is 21.3 Å². The van der Waals surface area contributed by atoms with E-state index < -0.39 is 0 Å². The first-order valence-corrected chi connectivity index (χ1v) is 10.0. The zero-order valence-corrected chi connectivity index (χ0v) is 16.0. The molecule has 4 rings (SSSR count). The number of rotatable bonds is 4. The molecule has 0 amide bonds. The van der Waals surface area contributed by atoms with E-state index in [1.165, 1.54) is 0 Å². The van der Waals surface area contributed by atoms with Crippen LogP contribution < -0.4 is 5.56 Å². The van der Waals surface area contributed by atoms with E-state index in [0.29, 0.717) is 21.1 Å². The summed E-state index contributed by atoms with van der Waals surface area (Å²) in [4.78, 5) is 18.0. The molecule has 1 aliphatic heterocycles. The first-order chi connectivity index (χ1) is 12.6. The first-order valence-electron chi connectivity index (χ1n) is 8.66. The van der Waals surface area contributed by atoms with Crippen LogP contribution in [0, 0.1) is 6.92 Å². The molecule has 1 aromatic heterocycles. The fraction of sp³-hybridized carbons (Fsp3) is 0.300. The van der Waals surface area contributed by atoms with Gasteiger partial charge in [0.15, 0.2) is 5.16 Å². The highest BCUT2D eigenvalue weighted by Crippen LogP contribution is 2.27. The Morgan fingerprint density at radius 1 is 1.31 bits per heavy atom. The number of hydrogen-bond acceptors (Lipinski definition) is 4. The number of benzene rings is 2. The third kappa shape index (κ3) is 3.39. The number of aryl methyl sites for hydroxylation is 1. The van der Waals surface area contributed by atoms with E-state index in [2.05, 4.69) is 0 Å². The molecule has 0 spiro atoms. The van der Waals surface area contributed by atoms with Gasteiger partial charge in [-0.05, 0) is 49.6 Å². The molecular weight excluding hydrogens is 368 g/mol. The molecule has 0 bridgehead atoms. The van der Waals surface area contributed by atoms with Crippen LogP contribution in [-0.2, 0) is 4.74 Å². The predicted octanol–water partition coefficient (Wildman–Crippen LogP) is 4.62. The van der Waals surface area contributed by atoms with Crippen LogP contribution in [-0.4, -0.2) is 28.0 Å². The van der Waals surface area contributed by atoms with Crippen LogP contribution in [0.4, 0.5) is 0 Å². The number of nitrogens with zero attached hydrogens (tertiary/aromatic N) is 2. The van der Waals surface area contributed by atoms with Gasteiger partial charge in [0, 0.05) is 17.4 Å². The second-order valence-corrected chi connectivity index (χ2v) is 7.85. The molecule has 0 N–H and O–H groups in total. The Kier molecular flexibility index (Phi) is 5.02. The van der Waals surface area contributed by atoms with Crippen molar-refractivity contribution < 1.29 is 4.74 Å². The lowest BCUT2D eigenvalue weighted by Crippen LogP contribution is -2.23. The van der Waals surface area contributed by atoms with E-state index in [1.807, 2.05) is 31.2 Å². The van der Waals surface area contributed by atoms with Gasteiger partial charge in [0.25, 0.3) is 5.56 Å². The molecule has 2 heterocycles. The van der Waals surface area contributed by atoms with Gasteiger partial charge in [-0.2, -0.15) is 0 Å². The molecule has 2 aromatic carbocycles. The van der Waals surface area contributed by atoms with Gasteiger partial charge in [0.1, 0.15) is 0 Å². The van der Waals surface area contributed by atoms with Crippen molar-refractivity contribution in [2.75, 3.05) is 12.4 Å². The highest BCUT2D eigenvalue weighted by molar-refractivity contribution is 7.99. The molecule has 1 aliphatic rings. The van der Waals surface area contributed by atoms with Crippen molar-refractivity contribution in [2.24, 2.45) is 0 Å². The van der Waals surface area contributed by atoms with Crippen LogP contribution in [0.15, 0.2) is 52.4 Å². The number of ether oxygens (including phenoxy) is 1. The third-order valence-corrected chi connectivity index (χ3v) is 5.88. The number of hydrogen-bond donors (Lipinski definition) is 0. The monoisotopic (exact) mass is 386 g/mol. The zero-order valence-electron chi connectivity index (χ0n) is 14.4. The smallest absolute Gasteiger partial charge is 0.266 e. The van der Waals surface area contributed by atoms with Gasteiger partial charge >= 0.3 is 0 Å². The van der Waals surface area contributed by atoms with E-state index in [0.717, 1.165) is 36.5 Å². The average molecular weight is 387 g/mol. The van der Waals surface area contributed by atoms with Gasteiger partial charge < -0.3 is 4.74 Å². The van der Waals surface area contributed by atoms with Crippen LogP contribution in [0.1, 0.15) is 18.4 Å². The fourth-order valence-corrected chi connectivity index (χ4v) is 4.44. The van der Waals surface area contributed by atoms with Crippen molar-refractivity contribution in [3.63, 3.8) is 0 Å². The normalized spacial score (nSPS) is 17.1. The van der Waals surface area contributed by atoms with Crippen molar-refractivity contribution in [3.05, 3.63) is 63.4 Å². The maximum Gasteiger partial charge on any atom is 0.266 e. The molecule has 1 fully saturated rings. The Labute approximate surface area is 161 Å². The second-order valence-electron chi connectivity index (χ2n) is 6.43. The Bertz CT molecular complexity index is 1010. The Hall–Kier alpha value is -1.82. The van der Waals surface area contributed by atoms with Crippen LogP contribution in [0.2, 0.25) is 5.02 Å². The van der Waals surface area contributed by atoms with E-state index in [9.17, 15) is 4.79 Å². The minimum atomic E-state index is -0.0733. The molecular formula is C20H19ClN2O2S. The van der Waals surface area contributed by atoms with Crippen LogP contribution in [0.5, 0.6) is 0 Å². The average Bonchev–Trinajstić information content (AvgIpc) is 3.14. The molecule has 3 aromatic rings. The van der Waals surface area contributed by atoms with E-state index >= 15 is 0 Å². The highest BCUT2D eigenvalue weighted by atomic mass is 35.5. The van der Waals surface area contributed by atoms with Crippen molar-refractivity contribution >= 4 is 34.3 Å². The van der Waals surface area contributed by atoms with Crippen LogP contribution in [0.25, 0.3) is 16.6 Å². The van der Waals surface area contributed by atoms with Crippen molar-refractivity contribution in [1.82, 2.24) is 9.55 Å². The molecule has 0 unspecified atom stereocenters. The zero-order chi connectivity index (χ0) is 18.1. The summed E-state index contributed by atoms with van der Waals surface area (Å²) >= 11 is 7.68. The van der Waals surface area contributed by atoms with Gasteiger partial charge in [0.05, 0.1) is 22.7 Å². The number of thioether (sulfide) groups is 1. The van der Waals surface area contributed by atoms with E-state index in [1.54, 1.807) is 34.5 Å². The molecule has 0 aliphatic carbocycles. The van der Waals surface area contributed by atoms with Gasteiger partial charge in [-0.25, -0.2) is 4.98 Å². The Balaban J connectivity index is 1.87. The SMILES string of the molecule is Cc1ccccc1-n1c(SC[C@H]2CCCO2)nc2cc(Cl)ccc2c1=O. The minimum Gasteiger partial charge on any atom is -0.377 e. The summed E-state index contributed by atoms with van der Waals surface area (Å²) in [6.07, 6.45) is 2.37. The van der Waals surface area contributed by atoms with E-state index in [-0.39, 0.29) is 11.7 Å². The maximum atomic E-state index is 13.2. The summed E-state index contributed by atoms with van der Waals surface area (Å²) < 4.78 is 7.44. The Morgan fingerprint density at radius 2 is 2.15 bits per heavy atom. The lowest BCUT2D eigenvalue weighted by Gasteiger charge is -2.16. The molecule has 1 saturated heterocycles.